The molecule has 0 aliphatic carbocycles. The van der Waals surface area contributed by atoms with Gasteiger partial charge in [-0.15, -0.1) is 0 Å². The molecule has 100 valence electrons. The number of ether oxygens (including phenoxy) is 2. The van der Waals surface area contributed by atoms with Crippen LogP contribution in [-0.4, -0.2) is 57.2 Å². The molecule has 0 spiro atoms. The number of rotatable bonds is 7. The summed E-state index contributed by atoms with van der Waals surface area (Å²) in [4.78, 5) is 11.0. The van der Waals surface area contributed by atoms with Crippen molar-refractivity contribution < 1.29 is 22.7 Å². The minimum atomic E-state index is -3.30. The first-order valence-electron chi connectivity index (χ1n) is 5.50. The van der Waals surface area contributed by atoms with Crippen molar-refractivity contribution in [1.29, 1.82) is 0 Å². The summed E-state index contributed by atoms with van der Waals surface area (Å²) in [5.41, 5.74) is 0. The van der Waals surface area contributed by atoms with Gasteiger partial charge in [0.25, 0.3) is 0 Å². The topological polar surface area (TPSA) is 69.7 Å². The molecule has 1 rings (SSSR count). The van der Waals surface area contributed by atoms with Crippen LogP contribution in [0.1, 0.15) is 12.8 Å². The van der Waals surface area contributed by atoms with E-state index in [1.807, 2.05) is 11.8 Å². The van der Waals surface area contributed by atoms with E-state index in [0.717, 1.165) is 6.26 Å². The van der Waals surface area contributed by atoms with E-state index >= 15 is 0 Å². The lowest BCUT2D eigenvalue weighted by atomic mass is 10.3. The van der Waals surface area contributed by atoms with Gasteiger partial charge in [-0.3, -0.25) is 4.79 Å². The molecule has 0 aromatic rings. The molecule has 5 nitrogen and oxygen atoms in total. The first kappa shape index (κ1) is 14.8. The quantitative estimate of drug-likeness (QED) is 0.500. The molecule has 0 aromatic heterocycles. The Labute approximate surface area is 106 Å². The van der Waals surface area contributed by atoms with Crippen LogP contribution in [0.4, 0.5) is 0 Å². The van der Waals surface area contributed by atoms with Crippen LogP contribution in [0.3, 0.4) is 0 Å². The van der Waals surface area contributed by atoms with Crippen LogP contribution in [0.15, 0.2) is 0 Å². The van der Waals surface area contributed by atoms with Gasteiger partial charge in [-0.2, -0.15) is 11.8 Å². The maximum Gasteiger partial charge on any atom is 0.321 e. The van der Waals surface area contributed by atoms with Crippen LogP contribution in [0.25, 0.3) is 0 Å². The van der Waals surface area contributed by atoms with Crippen LogP contribution < -0.4 is 0 Å². The van der Waals surface area contributed by atoms with Crippen molar-refractivity contribution in [1.82, 2.24) is 0 Å². The molecule has 1 aliphatic rings. The molecular weight excluding hydrogens is 264 g/mol. The van der Waals surface area contributed by atoms with Gasteiger partial charge in [0.2, 0.25) is 0 Å². The lowest BCUT2D eigenvalue weighted by molar-refractivity contribution is -0.142. The van der Waals surface area contributed by atoms with Crippen molar-refractivity contribution in [3.63, 3.8) is 0 Å². The molecule has 0 amide bonds. The normalized spacial score (nSPS) is 20.4. The molecule has 1 fully saturated rings. The fraction of sp³-hybridized carbons (Fsp3) is 0.900. The Morgan fingerprint density at radius 3 is 2.76 bits per heavy atom. The van der Waals surface area contributed by atoms with Crippen molar-refractivity contribution in [2.45, 2.75) is 18.1 Å². The number of carbonyl (C=O) groups excluding carboxylic acids is 1. The van der Waals surface area contributed by atoms with Crippen molar-refractivity contribution >= 4 is 27.6 Å². The van der Waals surface area contributed by atoms with Crippen LogP contribution in [0.5, 0.6) is 0 Å². The summed E-state index contributed by atoms with van der Waals surface area (Å²) in [6.07, 6.45) is 3.42. The van der Waals surface area contributed by atoms with Crippen LogP contribution in [-0.2, 0) is 24.1 Å². The minimum absolute atomic E-state index is 0.117. The molecule has 7 heteroatoms. The van der Waals surface area contributed by atoms with E-state index in [-0.39, 0.29) is 6.61 Å². The van der Waals surface area contributed by atoms with Gasteiger partial charge in [-0.1, -0.05) is 0 Å². The Bertz CT molecular complexity index is 333. The van der Waals surface area contributed by atoms with Gasteiger partial charge >= 0.3 is 5.97 Å². The van der Waals surface area contributed by atoms with E-state index in [1.165, 1.54) is 18.6 Å². The lowest BCUT2D eigenvalue weighted by Crippen LogP contribution is -2.20. The minimum Gasteiger partial charge on any atom is -0.462 e. The predicted molar refractivity (Wildman–Crippen MR) is 67.0 cm³/mol. The highest BCUT2D eigenvalue weighted by Crippen LogP contribution is 2.25. The Hall–Kier alpha value is -0.270. The number of hydrogen-bond donors (Lipinski definition) is 0. The largest absolute Gasteiger partial charge is 0.462 e. The number of hydrogen-bond acceptors (Lipinski definition) is 6. The Morgan fingerprint density at radius 2 is 2.18 bits per heavy atom. The fourth-order valence-corrected chi connectivity index (χ4v) is 3.16. The summed E-state index contributed by atoms with van der Waals surface area (Å²) in [6.45, 7) is 1.12. The van der Waals surface area contributed by atoms with Crippen LogP contribution in [0, 0.1) is 0 Å². The molecule has 0 radical (unpaired) electrons. The van der Waals surface area contributed by atoms with Crippen molar-refractivity contribution in [2.24, 2.45) is 0 Å². The molecule has 0 N–H and O–H groups in total. The van der Waals surface area contributed by atoms with E-state index in [9.17, 15) is 13.2 Å². The molecule has 0 bridgehead atoms. The lowest BCUT2D eigenvalue weighted by Gasteiger charge is -2.09. The maximum atomic E-state index is 11.0. The van der Waals surface area contributed by atoms with E-state index in [4.69, 9.17) is 9.47 Å². The SMILES string of the molecule is CS(=O)(=O)CC(=O)OCCOCC1CCCS1. The summed E-state index contributed by atoms with van der Waals surface area (Å²) in [5.74, 6) is -0.0885. The third-order valence-corrected chi connectivity index (χ3v) is 4.33. The van der Waals surface area contributed by atoms with Gasteiger partial charge < -0.3 is 9.47 Å². The maximum absolute atomic E-state index is 11.0. The second-order valence-corrected chi connectivity index (χ2v) is 7.55. The fourth-order valence-electron chi connectivity index (χ4n) is 1.46. The molecule has 1 saturated heterocycles. The number of sulfone groups is 1. The zero-order chi connectivity index (χ0) is 12.7. The molecular formula is C10H18O5S2. The Morgan fingerprint density at radius 1 is 1.41 bits per heavy atom. The molecule has 1 aliphatic heterocycles. The first-order chi connectivity index (χ1) is 7.97. The Kier molecular flexibility index (Phi) is 6.29. The molecule has 0 saturated carbocycles. The zero-order valence-corrected chi connectivity index (χ0v) is 11.5. The highest BCUT2D eigenvalue weighted by Gasteiger charge is 2.15. The van der Waals surface area contributed by atoms with Crippen molar-refractivity contribution in [3.8, 4) is 0 Å². The molecule has 0 aromatic carbocycles. The van der Waals surface area contributed by atoms with Gasteiger partial charge in [0.05, 0.1) is 13.2 Å². The predicted octanol–water partition coefficient (Wildman–Crippen LogP) is 0.486. The second-order valence-electron chi connectivity index (χ2n) is 4.00. The zero-order valence-electron chi connectivity index (χ0n) is 9.88. The van der Waals surface area contributed by atoms with E-state index < -0.39 is 21.6 Å². The van der Waals surface area contributed by atoms with Gasteiger partial charge in [0, 0.05) is 11.5 Å². The highest BCUT2D eigenvalue weighted by molar-refractivity contribution is 8.00. The average Bonchev–Trinajstić information content (AvgIpc) is 2.67. The third kappa shape index (κ3) is 7.62. The summed E-state index contributed by atoms with van der Waals surface area (Å²) >= 11 is 1.90. The summed E-state index contributed by atoms with van der Waals surface area (Å²) in [7, 11) is -3.30. The number of thioether (sulfide) groups is 1. The smallest absolute Gasteiger partial charge is 0.321 e. The average molecular weight is 282 g/mol. The van der Waals surface area contributed by atoms with Crippen molar-refractivity contribution in [3.05, 3.63) is 0 Å². The molecule has 17 heavy (non-hydrogen) atoms. The van der Waals surface area contributed by atoms with Crippen LogP contribution >= 0.6 is 11.8 Å². The first-order valence-corrected chi connectivity index (χ1v) is 8.61. The van der Waals surface area contributed by atoms with Gasteiger partial charge in [-0.05, 0) is 18.6 Å². The Balaban J connectivity index is 1.98. The van der Waals surface area contributed by atoms with E-state index in [0.29, 0.717) is 18.5 Å². The standard InChI is InChI=1S/C10H18O5S2/c1-17(12,13)8-10(11)15-5-4-14-7-9-3-2-6-16-9/h9H,2-8H2,1H3. The number of esters is 1. The summed E-state index contributed by atoms with van der Waals surface area (Å²) in [6, 6.07) is 0. The van der Waals surface area contributed by atoms with E-state index in [1.54, 1.807) is 0 Å². The van der Waals surface area contributed by atoms with E-state index in [2.05, 4.69) is 0 Å². The third-order valence-electron chi connectivity index (χ3n) is 2.20. The highest BCUT2D eigenvalue weighted by atomic mass is 32.2. The second kappa shape index (κ2) is 7.23. The molecule has 1 unspecified atom stereocenters. The number of carbonyl (C=O) groups is 1. The summed E-state index contributed by atoms with van der Waals surface area (Å²) in [5, 5.41) is 0.557. The van der Waals surface area contributed by atoms with Gasteiger partial charge in [0.1, 0.15) is 12.4 Å². The molecule has 1 heterocycles. The molecule has 1 atom stereocenters. The van der Waals surface area contributed by atoms with Gasteiger partial charge in [-0.25, -0.2) is 8.42 Å². The van der Waals surface area contributed by atoms with Gasteiger partial charge in [0.15, 0.2) is 9.84 Å². The van der Waals surface area contributed by atoms with Crippen LogP contribution in [0.2, 0.25) is 0 Å². The summed E-state index contributed by atoms with van der Waals surface area (Å²) < 4.78 is 31.6. The monoisotopic (exact) mass is 282 g/mol. The van der Waals surface area contributed by atoms with Crippen molar-refractivity contribution in [2.75, 3.05) is 37.6 Å².